The fourth-order valence-electron chi connectivity index (χ4n) is 5.96. The van der Waals surface area contributed by atoms with E-state index in [-0.39, 0.29) is 25.0 Å². The maximum absolute atomic E-state index is 13.2. The van der Waals surface area contributed by atoms with E-state index in [1.165, 1.54) is 33.9 Å². The van der Waals surface area contributed by atoms with Crippen LogP contribution in [-0.4, -0.2) is 68.7 Å². The van der Waals surface area contributed by atoms with Crippen molar-refractivity contribution in [2.45, 2.75) is 110 Å². The van der Waals surface area contributed by atoms with Gasteiger partial charge in [-0.25, -0.2) is 13.2 Å². The molecule has 1 aromatic rings. The van der Waals surface area contributed by atoms with Crippen molar-refractivity contribution in [1.29, 1.82) is 0 Å². The Bertz CT molecular complexity index is 1340. The van der Waals surface area contributed by atoms with E-state index in [1.54, 1.807) is 25.3 Å². The Labute approximate surface area is 268 Å². The van der Waals surface area contributed by atoms with Gasteiger partial charge >= 0.3 is 12.0 Å². The summed E-state index contributed by atoms with van der Waals surface area (Å²) in [5, 5.41) is 4.17. The number of primary amides is 1. The van der Waals surface area contributed by atoms with Crippen molar-refractivity contribution in [3.8, 4) is 0 Å². The number of nitrogens with one attached hydrogen (secondary N) is 1. The summed E-state index contributed by atoms with van der Waals surface area (Å²) in [5.41, 5.74) is 7.55. The van der Waals surface area contributed by atoms with Crippen molar-refractivity contribution in [2.24, 2.45) is 10.7 Å². The molecule has 45 heavy (non-hydrogen) atoms. The van der Waals surface area contributed by atoms with Crippen LogP contribution in [0.1, 0.15) is 107 Å². The summed E-state index contributed by atoms with van der Waals surface area (Å²) in [7, 11) is -2.12. The van der Waals surface area contributed by atoms with E-state index in [1.807, 2.05) is 20.8 Å². The lowest BCUT2D eigenvalue weighted by atomic mass is 9.89. The van der Waals surface area contributed by atoms with Gasteiger partial charge < -0.3 is 15.8 Å². The van der Waals surface area contributed by atoms with Crippen molar-refractivity contribution >= 4 is 45.5 Å². The second-order valence-corrected chi connectivity index (χ2v) is 14.0. The number of carbonyl (C=O) groups is 3. The molecule has 1 fully saturated rings. The third-order valence-electron chi connectivity index (χ3n) is 8.74. The van der Waals surface area contributed by atoms with Crippen molar-refractivity contribution in [2.75, 3.05) is 31.6 Å². The molecule has 0 unspecified atom stereocenters. The monoisotopic (exact) mass is 645 g/mol. The van der Waals surface area contributed by atoms with Gasteiger partial charge in [0.15, 0.2) is 0 Å². The summed E-state index contributed by atoms with van der Waals surface area (Å²) in [5.74, 6) is 0.491. The van der Waals surface area contributed by atoms with Gasteiger partial charge in [0.1, 0.15) is 11.4 Å². The molecule has 1 spiro atoms. The van der Waals surface area contributed by atoms with Gasteiger partial charge in [0.05, 0.1) is 6.61 Å². The third kappa shape index (κ3) is 10.4. The molecular weight excluding hydrogens is 594 g/mol. The fraction of sp³-hybridized carbons (Fsp3) is 0.636. The zero-order valence-corrected chi connectivity index (χ0v) is 28.2. The minimum absolute atomic E-state index is 0.101. The second-order valence-electron chi connectivity index (χ2n) is 12.2. The van der Waals surface area contributed by atoms with E-state index in [0.717, 1.165) is 61.6 Å². The van der Waals surface area contributed by atoms with Crippen LogP contribution in [-0.2, 0) is 24.3 Å². The van der Waals surface area contributed by atoms with Gasteiger partial charge in [-0.2, -0.15) is 4.31 Å². The highest BCUT2D eigenvalue weighted by atomic mass is 32.2. The average Bonchev–Trinajstić information content (AvgIpc) is 3.28. The zero-order valence-electron chi connectivity index (χ0n) is 27.4. The molecule has 0 atom stereocenters. The summed E-state index contributed by atoms with van der Waals surface area (Å²) in [6, 6.07) is 3.02. The number of esters is 1. The number of aliphatic imine (C=N–C) groups is 1. The molecule has 1 saturated heterocycles. The summed E-state index contributed by atoms with van der Waals surface area (Å²) in [6.45, 7) is 6.43. The molecule has 0 radical (unpaired) electrons. The summed E-state index contributed by atoms with van der Waals surface area (Å²) in [4.78, 5) is 41.9. The number of unbranched alkanes of at least 4 members (excludes halogenated alkanes) is 8. The lowest BCUT2D eigenvalue weighted by Crippen LogP contribution is -2.50. The van der Waals surface area contributed by atoms with Gasteiger partial charge in [0.25, 0.3) is 5.91 Å². The number of aryl methyl sites for hydroxylation is 2. The Morgan fingerprint density at radius 2 is 1.58 bits per heavy atom. The predicted molar refractivity (Wildman–Crippen MR) is 178 cm³/mol. The lowest BCUT2D eigenvalue weighted by Gasteiger charge is -2.34. The first kappa shape index (κ1) is 36.2. The molecule has 2 heterocycles. The Kier molecular flexibility index (Phi) is 13.6. The standard InChI is InChI=1S/C33H51N5O6S/c1-5-44-30(39)16-14-12-10-8-6-7-9-11-13-15-29-35-31(40)33(36-29)18-20-38(21-19-33)45(42,43)22-17-28-25(2)23-27(24-26(28)3)37(4)32(34)41/h17,22-24H,5-16,18-21H2,1-4H3,(H2,34,41)(H,35,36,40)/b22-17+. The van der Waals surface area contributed by atoms with Crippen LogP contribution in [0, 0.1) is 13.8 Å². The molecule has 3 N–H and O–H groups in total. The molecule has 12 heteroatoms. The quantitative estimate of drug-likeness (QED) is 0.173. The number of anilines is 1. The van der Waals surface area contributed by atoms with E-state index in [4.69, 9.17) is 15.5 Å². The van der Waals surface area contributed by atoms with Crippen molar-refractivity contribution in [1.82, 2.24) is 9.62 Å². The minimum atomic E-state index is -3.70. The molecule has 2 aliphatic heterocycles. The zero-order chi connectivity index (χ0) is 33.0. The molecule has 1 aromatic carbocycles. The van der Waals surface area contributed by atoms with Crippen LogP contribution in [0.3, 0.4) is 0 Å². The van der Waals surface area contributed by atoms with Gasteiger partial charge in [0.2, 0.25) is 10.0 Å². The number of nitrogens with two attached hydrogens (primary N) is 1. The molecule has 2 aliphatic rings. The van der Waals surface area contributed by atoms with E-state index < -0.39 is 21.6 Å². The van der Waals surface area contributed by atoms with Gasteiger partial charge in [-0.05, 0) is 81.4 Å². The fourth-order valence-corrected chi connectivity index (χ4v) is 7.13. The molecule has 0 aromatic heterocycles. The molecule has 11 nitrogen and oxygen atoms in total. The maximum atomic E-state index is 13.2. The number of urea groups is 1. The number of hydrogen-bond donors (Lipinski definition) is 2. The highest BCUT2D eigenvalue weighted by Crippen LogP contribution is 2.32. The number of amides is 3. The molecule has 250 valence electrons. The van der Waals surface area contributed by atoms with Crippen molar-refractivity contribution in [3.63, 3.8) is 0 Å². The van der Waals surface area contributed by atoms with Crippen molar-refractivity contribution < 1.29 is 27.5 Å². The number of piperidine rings is 1. The largest absolute Gasteiger partial charge is 0.466 e. The Morgan fingerprint density at radius 3 is 2.13 bits per heavy atom. The number of rotatable bonds is 17. The molecule has 0 aliphatic carbocycles. The number of amidine groups is 1. The lowest BCUT2D eigenvalue weighted by molar-refractivity contribution is -0.143. The second kappa shape index (κ2) is 16.9. The number of carbonyl (C=O) groups excluding carboxylic acids is 3. The third-order valence-corrected chi connectivity index (χ3v) is 10.3. The first-order valence-corrected chi connectivity index (χ1v) is 17.8. The Balaban J connectivity index is 1.40. The van der Waals surface area contributed by atoms with E-state index in [9.17, 15) is 22.8 Å². The van der Waals surface area contributed by atoms with Gasteiger partial charge in [0, 0.05) is 44.1 Å². The topological polar surface area (TPSA) is 151 Å². The molecule has 0 bridgehead atoms. The molecule has 0 saturated carbocycles. The van der Waals surface area contributed by atoms with Crippen LogP contribution in [0.5, 0.6) is 0 Å². The van der Waals surface area contributed by atoms with Crippen LogP contribution in [0.2, 0.25) is 0 Å². The predicted octanol–water partition coefficient (Wildman–Crippen LogP) is 5.34. The van der Waals surface area contributed by atoms with Gasteiger partial charge in [-0.15, -0.1) is 0 Å². The first-order valence-electron chi connectivity index (χ1n) is 16.3. The summed E-state index contributed by atoms with van der Waals surface area (Å²) < 4.78 is 32.7. The Hall–Kier alpha value is -3.25. The van der Waals surface area contributed by atoms with E-state index in [0.29, 0.717) is 37.4 Å². The van der Waals surface area contributed by atoms with Crippen LogP contribution in [0.15, 0.2) is 22.5 Å². The van der Waals surface area contributed by atoms with Crippen LogP contribution >= 0.6 is 0 Å². The normalized spacial score (nSPS) is 16.6. The highest BCUT2D eigenvalue weighted by molar-refractivity contribution is 7.92. The minimum Gasteiger partial charge on any atom is -0.466 e. The van der Waals surface area contributed by atoms with Crippen LogP contribution in [0.4, 0.5) is 10.5 Å². The van der Waals surface area contributed by atoms with Crippen molar-refractivity contribution in [3.05, 3.63) is 34.2 Å². The highest BCUT2D eigenvalue weighted by Gasteiger charge is 2.46. The summed E-state index contributed by atoms with van der Waals surface area (Å²) >= 11 is 0. The van der Waals surface area contributed by atoms with Crippen LogP contribution in [0.25, 0.3) is 6.08 Å². The maximum Gasteiger partial charge on any atom is 0.318 e. The SMILES string of the molecule is CCOC(=O)CCCCCCCCCCCC1=NC2(CCN(S(=O)(=O)/C=C/c3c(C)cc(N(C)C(N)=O)cc3C)CC2)C(=O)N1. The smallest absolute Gasteiger partial charge is 0.318 e. The first-order chi connectivity index (χ1) is 21.4. The number of sulfonamides is 1. The number of hydrogen-bond acceptors (Lipinski definition) is 7. The summed E-state index contributed by atoms with van der Waals surface area (Å²) in [6.07, 6.45) is 13.3. The number of ether oxygens (including phenoxy) is 1. The number of benzene rings is 1. The van der Waals surface area contributed by atoms with Gasteiger partial charge in [-0.3, -0.25) is 19.5 Å². The van der Waals surface area contributed by atoms with E-state index >= 15 is 0 Å². The van der Waals surface area contributed by atoms with Crippen LogP contribution < -0.4 is 16.0 Å². The molecular formula is C33H51N5O6S. The van der Waals surface area contributed by atoms with E-state index in [2.05, 4.69) is 5.32 Å². The average molecular weight is 646 g/mol. The molecule has 3 rings (SSSR count). The number of nitrogens with zero attached hydrogens (tertiary/aromatic N) is 3. The molecule has 3 amide bonds. The Morgan fingerprint density at radius 1 is 1.02 bits per heavy atom. The van der Waals surface area contributed by atoms with Gasteiger partial charge in [-0.1, -0.05) is 44.9 Å².